The second-order valence-electron chi connectivity index (χ2n) is 9.04. The van der Waals surface area contributed by atoms with E-state index in [2.05, 4.69) is 6.92 Å². The number of carbonyl (C=O) groups excluding carboxylic acids is 2. The molecule has 4 bridgehead atoms. The van der Waals surface area contributed by atoms with Gasteiger partial charge in [-0.15, -0.1) is 0 Å². The molecule has 5 rings (SSSR count). The predicted octanol–water partition coefficient (Wildman–Crippen LogP) is 5.41. The highest BCUT2D eigenvalue weighted by Gasteiger charge is 2.50. The molecule has 0 radical (unpaired) electrons. The lowest BCUT2D eigenvalue weighted by atomic mass is 9.55. The highest BCUT2D eigenvalue weighted by atomic mass is 16.5. The third kappa shape index (κ3) is 4.11. The average Bonchev–Trinajstić information content (AvgIpc) is 2.69. The van der Waals surface area contributed by atoms with E-state index >= 15 is 0 Å². The number of benzene rings is 1. The molecule has 4 fully saturated rings. The second-order valence-corrected chi connectivity index (χ2v) is 9.04. The smallest absolute Gasteiger partial charge is 0.339 e. The van der Waals surface area contributed by atoms with Crippen LogP contribution in [0.15, 0.2) is 24.3 Å². The van der Waals surface area contributed by atoms with E-state index in [0.29, 0.717) is 29.6 Å². The quantitative estimate of drug-likeness (QED) is 0.444. The van der Waals surface area contributed by atoms with Crippen LogP contribution in [-0.4, -0.2) is 24.6 Å². The molecule has 4 nitrogen and oxygen atoms in total. The van der Waals surface area contributed by atoms with Crippen molar-refractivity contribution in [1.82, 2.24) is 0 Å². The first-order valence-corrected chi connectivity index (χ1v) is 11.1. The fourth-order valence-electron chi connectivity index (χ4n) is 5.87. The van der Waals surface area contributed by atoms with Crippen molar-refractivity contribution in [2.24, 2.45) is 23.7 Å². The number of esters is 2. The van der Waals surface area contributed by atoms with Crippen LogP contribution in [0.5, 0.6) is 0 Å². The summed E-state index contributed by atoms with van der Waals surface area (Å²) in [5.41, 5.74) is 0.668. The van der Waals surface area contributed by atoms with E-state index in [9.17, 15) is 9.59 Å². The lowest BCUT2D eigenvalue weighted by molar-refractivity contribution is -0.101. The third-order valence-corrected chi connectivity index (χ3v) is 6.98. The van der Waals surface area contributed by atoms with Gasteiger partial charge in [-0.1, -0.05) is 38.3 Å². The number of carbonyl (C=O) groups is 2. The maximum absolute atomic E-state index is 12.9. The summed E-state index contributed by atoms with van der Waals surface area (Å²) in [5.74, 6) is 1.92. The van der Waals surface area contributed by atoms with Gasteiger partial charge in [0, 0.05) is 0 Å². The molecular weight excluding hydrogens is 352 g/mol. The van der Waals surface area contributed by atoms with Crippen LogP contribution in [-0.2, 0) is 9.47 Å². The Bertz CT molecular complexity index is 682. The monoisotopic (exact) mass is 384 g/mol. The predicted molar refractivity (Wildman–Crippen MR) is 107 cm³/mol. The number of hydrogen-bond acceptors (Lipinski definition) is 4. The molecule has 1 aromatic carbocycles. The molecule has 0 spiro atoms. The Labute approximate surface area is 168 Å². The molecule has 1 aromatic rings. The number of unbranched alkanes of at least 4 members (excludes halogenated alkanes) is 3. The molecule has 0 atom stereocenters. The van der Waals surface area contributed by atoms with Gasteiger partial charge in [0.25, 0.3) is 0 Å². The maximum Gasteiger partial charge on any atom is 0.339 e. The van der Waals surface area contributed by atoms with Crippen molar-refractivity contribution in [3.05, 3.63) is 35.4 Å². The Hall–Kier alpha value is -1.84. The van der Waals surface area contributed by atoms with Crippen LogP contribution in [0.2, 0.25) is 0 Å². The van der Waals surface area contributed by atoms with E-state index in [1.165, 1.54) is 32.1 Å². The highest BCUT2D eigenvalue weighted by Crippen LogP contribution is 2.54. The Balaban J connectivity index is 1.39. The number of hydrogen-bond donors (Lipinski definition) is 0. The second kappa shape index (κ2) is 8.67. The van der Waals surface area contributed by atoms with Crippen molar-refractivity contribution in [3.8, 4) is 0 Å². The van der Waals surface area contributed by atoms with Crippen molar-refractivity contribution < 1.29 is 19.1 Å². The molecule has 4 aliphatic carbocycles. The lowest BCUT2D eigenvalue weighted by Gasteiger charge is -2.53. The zero-order valence-corrected chi connectivity index (χ0v) is 16.9. The zero-order valence-electron chi connectivity index (χ0n) is 16.9. The SMILES string of the molecule is CCCCCCOC(=O)c1ccccc1C(=O)OC1C2CC3CC(C2)CC1C3. The van der Waals surface area contributed by atoms with Crippen molar-refractivity contribution in [3.63, 3.8) is 0 Å². The van der Waals surface area contributed by atoms with E-state index < -0.39 is 5.97 Å². The van der Waals surface area contributed by atoms with Gasteiger partial charge >= 0.3 is 11.9 Å². The summed E-state index contributed by atoms with van der Waals surface area (Å²) in [4.78, 5) is 25.5. The Morgan fingerprint density at radius 1 is 0.857 bits per heavy atom. The summed E-state index contributed by atoms with van der Waals surface area (Å²) >= 11 is 0. The Morgan fingerprint density at radius 3 is 2.07 bits per heavy atom. The highest BCUT2D eigenvalue weighted by molar-refractivity contribution is 6.03. The summed E-state index contributed by atoms with van der Waals surface area (Å²) in [6, 6.07) is 6.91. The minimum Gasteiger partial charge on any atom is -0.462 e. The van der Waals surface area contributed by atoms with E-state index in [1.54, 1.807) is 24.3 Å². The van der Waals surface area contributed by atoms with Gasteiger partial charge in [-0.3, -0.25) is 0 Å². The largest absolute Gasteiger partial charge is 0.462 e. The van der Waals surface area contributed by atoms with Gasteiger partial charge in [0.05, 0.1) is 17.7 Å². The normalized spacial score (nSPS) is 30.2. The van der Waals surface area contributed by atoms with Gasteiger partial charge in [0.1, 0.15) is 6.10 Å². The van der Waals surface area contributed by atoms with Crippen LogP contribution in [0.4, 0.5) is 0 Å². The molecule has 0 heterocycles. The van der Waals surface area contributed by atoms with E-state index in [4.69, 9.17) is 9.47 Å². The molecule has 0 unspecified atom stereocenters. The first kappa shape index (κ1) is 19.5. The minimum atomic E-state index is -0.422. The van der Waals surface area contributed by atoms with Crippen molar-refractivity contribution in [2.75, 3.05) is 6.61 Å². The number of ether oxygens (including phenoxy) is 2. The molecule has 28 heavy (non-hydrogen) atoms. The molecule has 4 saturated carbocycles. The fourth-order valence-corrected chi connectivity index (χ4v) is 5.87. The van der Waals surface area contributed by atoms with Crippen molar-refractivity contribution in [2.45, 2.75) is 70.8 Å². The van der Waals surface area contributed by atoms with Gasteiger partial charge in [-0.2, -0.15) is 0 Å². The zero-order chi connectivity index (χ0) is 19.5. The van der Waals surface area contributed by atoms with E-state index in [-0.39, 0.29) is 12.1 Å². The van der Waals surface area contributed by atoms with Gasteiger partial charge in [-0.25, -0.2) is 9.59 Å². The molecule has 4 aliphatic rings. The molecule has 0 saturated heterocycles. The standard InChI is InChI=1S/C24H32O4/c1-2-3-4-7-10-27-23(25)20-8-5-6-9-21(20)24(26)28-22-18-12-16-11-17(14-18)15-19(22)13-16/h5-6,8-9,16-19,22H,2-4,7,10-15H2,1H3. The van der Waals surface area contributed by atoms with Crippen LogP contribution in [0, 0.1) is 23.7 Å². The fraction of sp³-hybridized carbons (Fsp3) is 0.667. The third-order valence-electron chi connectivity index (χ3n) is 6.98. The van der Waals surface area contributed by atoms with Crippen LogP contribution in [0.1, 0.15) is 85.4 Å². The molecule has 152 valence electrons. The molecule has 0 N–H and O–H groups in total. The summed E-state index contributed by atoms with van der Waals surface area (Å²) in [5, 5.41) is 0. The summed E-state index contributed by atoms with van der Waals surface area (Å²) in [6.45, 7) is 2.55. The first-order valence-electron chi connectivity index (χ1n) is 11.1. The topological polar surface area (TPSA) is 52.6 Å². The molecule has 4 heteroatoms. The average molecular weight is 385 g/mol. The van der Waals surface area contributed by atoms with Gasteiger partial charge in [0.15, 0.2) is 0 Å². The Morgan fingerprint density at radius 2 is 1.46 bits per heavy atom. The van der Waals surface area contributed by atoms with E-state index in [1.807, 2.05) is 0 Å². The lowest BCUT2D eigenvalue weighted by Crippen LogP contribution is -2.50. The molecule has 0 aromatic heterocycles. The first-order chi connectivity index (χ1) is 13.7. The van der Waals surface area contributed by atoms with Gasteiger partial charge in [-0.05, 0) is 74.3 Å². The van der Waals surface area contributed by atoms with Gasteiger partial charge in [0.2, 0.25) is 0 Å². The van der Waals surface area contributed by atoms with Crippen molar-refractivity contribution in [1.29, 1.82) is 0 Å². The molecular formula is C24H32O4. The maximum atomic E-state index is 12.9. The van der Waals surface area contributed by atoms with Crippen LogP contribution < -0.4 is 0 Å². The summed E-state index contributed by atoms with van der Waals surface area (Å²) in [7, 11) is 0. The Kier molecular flexibility index (Phi) is 6.03. The minimum absolute atomic E-state index is 0.0263. The van der Waals surface area contributed by atoms with E-state index in [0.717, 1.165) is 37.5 Å². The summed E-state index contributed by atoms with van der Waals surface area (Å²) in [6.07, 6.45) is 10.4. The van der Waals surface area contributed by atoms with Crippen LogP contribution in [0.25, 0.3) is 0 Å². The van der Waals surface area contributed by atoms with Crippen LogP contribution in [0.3, 0.4) is 0 Å². The van der Waals surface area contributed by atoms with Gasteiger partial charge < -0.3 is 9.47 Å². The van der Waals surface area contributed by atoms with Crippen LogP contribution >= 0.6 is 0 Å². The molecule has 0 aliphatic heterocycles. The number of rotatable bonds is 8. The summed E-state index contributed by atoms with van der Waals surface area (Å²) < 4.78 is 11.4. The van der Waals surface area contributed by atoms with Crippen molar-refractivity contribution >= 4 is 11.9 Å². The molecule has 0 amide bonds.